The van der Waals surface area contributed by atoms with Gasteiger partial charge in [0.15, 0.2) is 0 Å². The van der Waals surface area contributed by atoms with Crippen molar-refractivity contribution in [3.63, 3.8) is 0 Å². The summed E-state index contributed by atoms with van der Waals surface area (Å²) in [6.45, 7) is 7.29. The summed E-state index contributed by atoms with van der Waals surface area (Å²) in [4.78, 5) is 4.21. The van der Waals surface area contributed by atoms with Gasteiger partial charge in [-0.3, -0.25) is 0 Å². The van der Waals surface area contributed by atoms with Gasteiger partial charge in [0, 0.05) is 12.7 Å². The number of aryl methyl sites for hydroxylation is 3. The molecule has 0 bridgehead atoms. The molecule has 2 aromatic rings. The summed E-state index contributed by atoms with van der Waals surface area (Å²) in [5.41, 5.74) is 5.98. The summed E-state index contributed by atoms with van der Waals surface area (Å²) in [5, 5.41) is 12.0. The Balaban J connectivity index is 1.98. The molecule has 2 rings (SSSR count). The van der Waals surface area contributed by atoms with Crippen LogP contribution in [0.2, 0.25) is 0 Å². The number of nitrogens with one attached hydrogen (secondary N) is 1. The number of hydrogen-bond donors (Lipinski definition) is 1. The largest absolute Gasteiger partial charge is 0.370 e. The molecule has 3 heteroatoms. The third-order valence-corrected chi connectivity index (χ3v) is 3.41. The van der Waals surface area contributed by atoms with Crippen LogP contribution in [0.3, 0.4) is 0 Å². The summed E-state index contributed by atoms with van der Waals surface area (Å²) in [5.74, 6) is 0.811. The van der Waals surface area contributed by atoms with E-state index in [0.29, 0.717) is 5.56 Å². The second kappa shape index (κ2) is 6.21. The molecule has 20 heavy (non-hydrogen) atoms. The zero-order valence-electron chi connectivity index (χ0n) is 12.2. The Morgan fingerprint density at radius 3 is 2.40 bits per heavy atom. The highest BCUT2D eigenvalue weighted by Crippen LogP contribution is 2.17. The van der Waals surface area contributed by atoms with E-state index in [4.69, 9.17) is 5.26 Å². The van der Waals surface area contributed by atoms with E-state index in [-0.39, 0.29) is 0 Å². The third kappa shape index (κ3) is 3.36. The van der Waals surface area contributed by atoms with Crippen molar-refractivity contribution in [2.24, 2.45) is 0 Å². The van der Waals surface area contributed by atoms with Crippen molar-refractivity contribution < 1.29 is 0 Å². The third-order valence-electron chi connectivity index (χ3n) is 3.41. The zero-order valence-corrected chi connectivity index (χ0v) is 12.2. The van der Waals surface area contributed by atoms with Crippen LogP contribution >= 0.6 is 0 Å². The molecule has 102 valence electrons. The number of hydrogen-bond acceptors (Lipinski definition) is 3. The van der Waals surface area contributed by atoms with E-state index in [1.54, 1.807) is 12.3 Å². The summed E-state index contributed by atoms with van der Waals surface area (Å²) in [6.07, 6.45) is 2.56. The lowest BCUT2D eigenvalue weighted by atomic mass is 9.97. The van der Waals surface area contributed by atoms with Gasteiger partial charge in [-0.2, -0.15) is 5.26 Å². The van der Waals surface area contributed by atoms with Crippen LogP contribution in [0.5, 0.6) is 0 Å². The monoisotopic (exact) mass is 265 g/mol. The second-order valence-electron chi connectivity index (χ2n) is 5.10. The number of rotatable bonds is 4. The molecule has 0 atom stereocenters. The molecule has 1 aromatic heterocycles. The second-order valence-corrected chi connectivity index (χ2v) is 5.10. The Kier molecular flexibility index (Phi) is 4.37. The highest BCUT2D eigenvalue weighted by atomic mass is 15.0. The molecular formula is C17H19N3. The smallest absolute Gasteiger partial charge is 0.125 e. The van der Waals surface area contributed by atoms with Crippen molar-refractivity contribution in [3.05, 3.63) is 58.3 Å². The molecule has 0 aliphatic carbocycles. The lowest BCUT2D eigenvalue weighted by Gasteiger charge is -2.12. The molecule has 1 N–H and O–H groups in total. The first-order valence-electron chi connectivity index (χ1n) is 6.77. The van der Waals surface area contributed by atoms with Gasteiger partial charge in [0.25, 0.3) is 0 Å². The molecule has 0 spiro atoms. The molecule has 0 saturated heterocycles. The number of anilines is 1. The maximum absolute atomic E-state index is 8.73. The Morgan fingerprint density at radius 2 is 1.85 bits per heavy atom. The van der Waals surface area contributed by atoms with Gasteiger partial charge in [-0.25, -0.2) is 4.98 Å². The van der Waals surface area contributed by atoms with E-state index >= 15 is 0 Å². The van der Waals surface area contributed by atoms with Crippen molar-refractivity contribution in [1.29, 1.82) is 5.26 Å². The number of nitriles is 1. The van der Waals surface area contributed by atoms with Gasteiger partial charge < -0.3 is 5.32 Å². The Morgan fingerprint density at radius 1 is 1.15 bits per heavy atom. The number of nitrogens with zero attached hydrogens (tertiary/aromatic N) is 2. The molecule has 0 fully saturated rings. The van der Waals surface area contributed by atoms with Crippen LogP contribution in [-0.4, -0.2) is 11.5 Å². The van der Waals surface area contributed by atoms with Gasteiger partial charge in [-0.1, -0.05) is 17.7 Å². The lowest BCUT2D eigenvalue weighted by molar-refractivity contribution is 0.977. The average molecular weight is 265 g/mol. The predicted octanol–water partition coefficient (Wildman–Crippen LogP) is 3.53. The molecule has 0 unspecified atom stereocenters. The van der Waals surface area contributed by atoms with Crippen molar-refractivity contribution in [2.45, 2.75) is 27.2 Å². The first kappa shape index (κ1) is 14.1. The fourth-order valence-electron chi connectivity index (χ4n) is 2.48. The molecule has 0 aliphatic heterocycles. The van der Waals surface area contributed by atoms with E-state index in [1.807, 2.05) is 6.07 Å². The minimum absolute atomic E-state index is 0.584. The van der Waals surface area contributed by atoms with E-state index in [0.717, 1.165) is 18.8 Å². The van der Waals surface area contributed by atoms with Gasteiger partial charge in [0.05, 0.1) is 5.56 Å². The van der Waals surface area contributed by atoms with Crippen molar-refractivity contribution in [3.8, 4) is 6.07 Å². The quantitative estimate of drug-likeness (QED) is 0.920. The van der Waals surface area contributed by atoms with E-state index in [2.05, 4.69) is 49.3 Å². The fraction of sp³-hybridized carbons (Fsp3) is 0.294. The molecule has 0 radical (unpaired) electrons. The Bertz CT molecular complexity index is 613. The average Bonchev–Trinajstić information content (AvgIpc) is 2.42. The highest BCUT2D eigenvalue weighted by molar-refractivity contribution is 5.41. The maximum Gasteiger partial charge on any atom is 0.125 e. The Labute approximate surface area is 120 Å². The van der Waals surface area contributed by atoms with Crippen LogP contribution in [0.15, 0.2) is 30.5 Å². The summed E-state index contributed by atoms with van der Waals surface area (Å²) in [7, 11) is 0. The normalized spacial score (nSPS) is 10.1. The van der Waals surface area contributed by atoms with Crippen LogP contribution in [0.4, 0.5) is 5.82 Å². The number of benzene rings is 1. The van der Waals surface area contributed by atoms with Crippen LogP contribution in [0.25, 0.3) is 0 Å². The Hall–Kier alpha value is -2.34. The molecule has 0 saturated carbocycles. The SMILES string of the molecule is Cc1cc(C)c(CCNc2ccc(C#N)cn2)c(C)c1. The van der Waals surface area contributed by atoms with Crippen molar-refractivity contribution in [1.82, 2.24) is 4.98 Å². The topological polar surface area (TPSA) is 48.7 Å². The van der Waals surface area contributed by atoms with Gasteiger partial charge >= 0.3 is 0 Å². The minimum atomic E-state index is 0.584. The summed E-state index contributed by atoms with van der Waals surface area (Å²) >= 11 is 0. The van der Waals surface area contributed by atoms with Crippen LogP contribution in [-0.2, 0) is 6.42 Å². The molecule has 3 nitrogen and oxygen atoms in total. The van der Waals surface area contributed by atoms with E-state index in [9.17, 15) is 0 Å². The standard InChI is InChI=1S/C17H19N3/c1-12-8-13(2)16(14(3)9-12)6-7-19-17-5-4-15(10-18)11-20-17/h4-5,8-9,11H,6-7H2,1-3H3,(H,19,20). The molecule has 1 heterocycles. The highest BCUT2D eigenvalue weighted by Gasteiger charge is 2.04. The van der Waals surface area contributed by atoms with Gasteiger partial charge in [-0.15, -0.1) is 0 Å². The fourth-order valence-corrected chi connectivity index (χ4v) is 2.48. The molecule has 0 amide bonds. The molecule has 1 aromatic carbocycles. The molecule has 0 aliphatic rings. The van der Waals surface area contributed by atoms with Crippen LogP contribution in [0, 0.1) is 32.1 Å². The van der Waals surface area contributed by atoms with Crippen molar-refractivity contribution in [2.75, 3.05) is 11.9 Å². The first-order valence-corrected chi connectivity index (χ1v) is 6.77. The summed E-state index contributed by atoms with van der Waals surface area (Å²) < 4.78 is 0. The lowest BCUT2D eigenvalue weighted by Crippen LogP contribution is -2.08. The molecular weight excluding hydrogens is 246 g/mol. The van der Waals surface area contributed by atoms with Crippen molar-refractivity contribution >= 4 is 5.82 Å². The minimum Gasteiger partial charge on any atom is -0.370 e. The predicted molar refractivity (Wildman–Crippen MR) is 81.8 cm³/mol. The van der Waals surface area contributed by atoms with Gasteiger partial charge in [-0.05, 0) is 56.0 Å². The first-order chi connectivity index (χ1) is 9.60. The maximum atomic E-state index is 8.73. The van der Waals surface area contributed by atoms with Crippen LogP contribution in [0.1, 0.15) is 27.8 Å². The van der Waals surface area contributed by atoms with E-state index in [1.165, 1.54) is 22.3 Å². The van der Waals surface area contributed by atoms with Gasteiger partial charge in [0.2, 0.25) is 0 Å². The summed E-state index contributed by atoms with van der Waals surface area (Å²) in [6, 6.07) is 10.1. The van der Waals surface area contributed by atoms with Gasteiger partial charge in [0.1, 0.15) is 11.9 Å². The number of aromatic nitrogens is 1. The van der Waals surface area contributed by atoms with Crippen LogP contribution < -0.4 is 5.32 Å². The van der Waals surface area contributed by atoms with E-state index < -0.39 is 0 Å². The zero-order chi connectivity index (χ0) is 14.5. The number of pyridine rings is 1.